The predicted octanol–water partition coefficient (Wildman–Crippen LogP) is 2.95. The Balaban J connectivity index is 2.42. The Hall–Kier alpha value is -2.63. The molecule has 1 amide bonds. The number of ether oxygens (including phenoxy) is 1. The van der Waals surface area contributed by atoms with Crippen LogP contribution < -0.4 is 5.32 Å². The molecule has 0 aromatic carbocycles. The van der Waals surface area contributed by atoms with Crippen molar-refractivity contribution in [1.29, 1.82) is 0 Å². The van der Waals surface area contributed by atoms with Gasteiger partial charge in [0.25, 0.3) is 5.91 Å². The number of rotatable bonds is 5. The lowest BCUT2D eigenvalue weighted by Gasteiger charge is -2.08. The van der Waals surface area contributed by atoms with E-state index in [0.717, 1.165) is 5.69 Å². The normalized spacial score (nSPS) is 10.4. The first-order chi connectivity index (χ1) is 11.0. The number of nitrogens with one attached hydrogen (secondary N) is 1. The second kappa shape index (κ2) is 7.09. The van der Waals surface area contributed by atoms with Gasteiger partial charge in [0.1, 0.15) is 5.69 Å². The van der Waals surface area contributed by atoms with Gasteiger partial charge in [-0.1, -0.05) is 0 Å². The number of carbonyl (C=O) groups is 2. The molecule has 0 atom stereocenters. The van der Waals surface area contributed by atoms with Gasteiger partial charge in [-0.3, -0.25) is 9.78 Å². The number of pyridine rings is 1. The summed E-state index contributed by atoms with van der Waals surface area (Å²) in [7, 11) is 0. The largest absolute Gasteiger partial charge is 0.461 e. The van der Waals surface area contributed by atoms with Crippen LogP contribution in [0.5, 0.6) is 0 Å². The third-order valence-corrected chi connectivity index (χ3v) is 3.72. The van der Waals surface area contributed by atoms with Gasteiger partial charge in [0, 0.05) is 30.3 Å². The minimum Gasteiger partial charge on any atom is -0.461 e. The van der Waals surface area contributed by atoms with Crippen LogP contribution in [-0.2, 0) is 11.3 Å². The first-order valence-electron chi connectivity index (χ1n) is 7.59. The molecule has 0 aliphatic rings. The number of carbonyl (C=O) groups excluding carboxylic acids is 2. The molecule has 2 heterocycles. The molecule has 0 saturated carbocycles. The Morgan fingerprint density at radius 2 is 1.87 bits per heavy atom. The highest BCUT2D eigenvalue weighted by molar-refractivity contribution is 6.08. The zero-order valence-electron chi connectivity index (χ0n) is 13.8. The average molecular weight is 315 g/mol. The van der Waals surface area contributed by atoms with Crippen molar-refractivity contribution in [3.05, 3.63) is 47.0 Å². The van der Waals surface area contributed by atoms with Crippen molar-refractivity contribution in [3.8, 4) is 0 Å². The van der Waals surface area contributed by atoms with Crippen LogP contribution in [0.15, 0.2) is 24.5 Å². The van der Waals surface area contributed by atoms with Gasteiger partial charge in [-0.05, 0) is 45.4 Å². The Labute approximate surface area is 135 Å². The van der Waals surface area contributed by atoms with Gasteiger partial charge in [0.2, 0.25) is 0 Å². The summed E-state index contributed by atoms with van der Waals surface area (Å²) in [6, 6.07) is 3.43. The van der Waals surface area contributed by atoms with E-state index in [4.69, 9.17) is 4.74 Å². The van der Waals surface area contributed by atoms with E-state index in [-0.39, 0.29) is 5.91 Å². The quantitative estimate of drug-likeness (QED) is 0.861. The fraction of sp³-hybridized carbons (Fsp3) is 0.353. The van der Waals surface area contributed by atoms with Crippen LogP contribution in [-0.4, -0.2) is 28.0 Å². The molecule has 23 heavy (non-hydrogen) atoms. The van der Waals surface area contributed by atoms with Crippen LogP contribution in [0.25, 0.3) is 0 Å². The monoisotopic (exact) mass is 315 g/mol. The van der Waals surface area contributed by atoms with E-state index < -0.39 is 5.97 Å². The summed E-state index contributed by atoms with van der Waals surface area (Å²) in [5.74, 6) is -0.651. The van der Waals surface area contributed by atoms with E-state index in [1.165, 1.54) is 0 Å². The van der Waals surface area contributed by atoms with Gasteiger partial charge in [-0.2, -0.15) is 0 Å². The third-order valence-electron chi connectivity index (χ3n) is 3.72. The highest BCUT2D eigenvalue weighted by Gasteiger charge is 2.26. The molecule has 0 bridgehead atoms. The van der Waals surface area contributed by atoms with Crippen LogP contribution in [0.2, 0.25) is 0 Å². The summed E-state index contributed by atoms with van der Waals surface area (Å²) in [5.41, 5.74) is 2.98. The smallest absolute Gasteiger partial charge is 0.355 e. The number of anilines is 1. The van der Waals surface area contributed by atoms with Gasteiger partial charge in [-0.25, -0.2) is 4.79 Å². The second-order valence-corrected chi connectivity index (χ2v) is 5.09. The molecule has 0 saturated heterocycles. The molecule has 0 radical (unpaired) electrons. The molecular weight excluding hydrogens is 294 g/mol. The van der Waals surface area contributed by atoms with Gasteiger partial charge >= 0.3 is 5.97 Å². The van der Waals surface area contributed by atoms with E-state index in [1.807, 2.05) is 18.4 Å². The first kappa shape index (κ1) is 16.7. The van der Waals surface area contributed by atoms with Gasteiger partial charge < -0.3 is 14.6 Å². The van der Waals surface area contributed by atoms with Crippen LogP contribution in [0.4, 0.5) is 5.69 Å². The van der Waals surface area contributed by atoms with Gasteiger partial charge in [0.05, 0.1) is 12.2 Å². The summed E-state index contributed by atoms with van der Waals surface area (Å²) in [6.07, 6.45) is 3.22. The van der Waals surface area contributed by atoms with Crippen LogP contribution in [0.1, 0.15) is 46.0 Å². The number of aromatic nitrogens is 2. The van der Waals surface area contributed by atoms with Crippen molar-refractivity contribution in [2.24, 2.45) is 0 Å². The van der Waals surface area contributed by atoms with Crippen LogP contribution in [0.3, 0.4) is 0 Å². The Kier molecular flexibility index (Phi) is 5.16. The lowest BCUT2D eigenvalue weighted by atomic mass is 10.1. The molecule has 122 valence electrons. The standard InChI is InChI=1S/C17H21N3O3/c1-5-20-12(4)14(11(3)15(20)17(22)23-6-2)16(21)19-13-7-9-18-10-8-13/h7-10H,5-6H2,1-4H3,(H,18,19,21). The minimum absolute atomic E-state index is 0.246. The average Bonchev–Trinajstić information content (AvgIpc) is 2.78. The molecule has 6 heteroatoms. The lowest BCUT2D eigenvalue weighted by molar-refractivity contribution is 0.0512. The summed E-state index contributed by atoms with van der Waals surface area (Å²) in [6.45, 7) is 8.18. The van der Waals surface area contributed by atoms with E-state index in [2.05, 4.69) is 10.3 Å². The second-order valence-electron chi connectivity index (χ2n) is 5.09. The number of nitrogens with zero attached hydrogens (tertiary/aromatic N) is 2. The number of hydrogen-bond acceptors (Lipinski definition) is 4. The maximum atomic E-state index is 12.6. The van der Waals surface area contributed by atoms with E-state index >= 15 is 0 Å². The summed E-state index contributed by atoms with van der Waals surface area (Å²) in [4.78, 5) is 28.7. The molecule has 0 unspecified atom stereocenters. The van der Waals surface area contributed by atoms with Crippen LogP contribution >= 0.6 is 0 Å². The minimum atomic E-state index is -0.405. The molecule has 2 aromatic heterocycles. The summed E-state index contributed by atoms with van der Waals surface area (Å²) < 4.78 is 6.93. The zero-order chi connectivity index (χ0) is 17.0. The van der Waals surface area contributed by atoms with Crippen molar-refractivity contribution >= 4 is 17.6 Å². The molecule has 0 spiro atoms. The zero-order valence-corrected chi connectivity index (χ0v) is 13.8. The van der Waals surface area contributed by atoms with Crippen molar-refractivity contribution in [3.63, 3.8) is 0 Å². The number of hydrogen-bond donors (Lipinski definition) is 1. The lowest BCUT2D eigenvalue weighted by Crippen LogP contribution is -2.14. The molecule has 2 aromatic rings. The predicted molar refractivity (Wildman–Crippen MR) is 87.7 cm³/mol. The van der Waals surface area contributed by atoms with E-state index in [0.29, 0.717) is 35.7 Å². The van der Waals surface area contributed by atoms with Crippen molar-refractivity contribution in [2.45, 2.75) is 34.2 Å². The van der Waals surface area contributed by atoms with E-state index in [9.17, 15) is 9.59 Å². The molecule has 0 fully saturated rings. The number of amides is 1. The van der Waals surface area contributed by atoms with E-state index in [1.54, 1.807) is 38.4 Å². The summed E-state index contributed by atoms with van der Waals surface area (Å²) in [5, 5.41) is 2.83. The SMILES string of the molecule is CCOC(=O)c1c(C)c(C(=O)Nc2ccncc2)c(C)n1CC. The molecule has 1 N–H and O–H groups in total. The Morgan fingerprint density at radius 1 is 1.22 bits per heavy atom. The summed E-state index contributed by atoms with van der Waals surface area (Å²) >= 11 is 0. The molecule has 0 aliphatic heterocycles. The molecule has 6 nitrogen and oxygen atoms in total. The van der Waals surface area contributed by atoms with Crippen molar-refractivity contribution in [2.75, 3.05) is 11.9 Å². The van der Waals surface area contributed by atoms with Gasteiger partial charge in [0.15, 0.2) is 0 Å². The maximum absolute atomic E-state index is 12.6. The fourth-order valence-electron chi connectivity index (χ4n) is 2.72. The molecular formula is C17H21N3O3. The highest BCUT2D eigenvalue weighted by atomic mass is 16.5. The van der Waals surface area contributed by atoms with Crippen LogP contribution in [0, 0.1) is 13.8 Å². The van der Waals surface area contributed by atoms with Crippen molar-refractivity contribution < 1.29 is 14.3 Å². The van der Waals surface area contributed by atoms with Gasteiger partial charge in [-0.15, -0.1) is 0 Å². The molecule has 2 rings (SSSR count). The molecule has 0 aliphatic carbocycles. The van der Waals surface area contributed by atoms with Crippen molar-refractivity contribution in [1.82, 2.24) is 9.55 Å². The fourth-order valence-corrected chi connectivity index (χ4v) is 2.72. The Bertz CT molecular complexity index is 720. The Morgan fingerprint density at radius 3 is 2.43 bits per heavy atom. The third kappa shape index (κ3) is 3.26. The highest BCUT2D eigenvalue weighted by Crippen LogP contribution is 2.24. The number of esters is 1. The first-order valence-corrected chi connectivity index (χ1v) is 7.59. The topological polar surface area (TPSA) is 73.2 Å². The maximum Gasteiger partial charge on any atom is 0.355 e.